The average molecular weight is 713 g/mol. The van der Waals surface area contributed by atoms with Crippen LogP contribution in [-0.4, -0.2) is 44.9 Å². The van der Waals surface area contributed by atoms with Gasteiger partial charge in [-0.15, -0.1) is 0 Å². The molecular formula is C42H37N2O7P. The van der Waals surface area contributed by atoms with E-state index in [1.165, 1.54) is 17.0 Å². The van der Waals surface area contributed by atoms with E-state index in [1.807, 2.05) is 124 Å². The van der Waals surface area contributed by atoms with Crippen LogP contribution < -0.4 is 15.9 Å². The Hall–Kier alpha value is -5.92. The zero-order valence-corrected chi connectivity index (χ0v) is 29.8. The Bertz CT molecular complexity index is 2080. The maximum absolute atomic E-state index is 15.0. The van der Waals surface area contributed by atoms with Crippen molar-refractivity contribution in [3.63, 3.8) is 0 Å². The van der Waals surface area contributed by atoms with Crippen LogP contribution >= 0.6 is 6.89 Å². The number of non-ortho nitro benzene ring substituents is 1. The highest BCUT2D eigenvalue weighted by Gasteiger charge is 2.55. The molecule has 10 heteroatoms. The highest BCUT2D eigenvalue weighted by Crippen LogP contribution is 2.50. The van der Waals surface area contributed by atoms with Gasteiger partial charge in [-0.2, -0.15) is 0 Å². The van der Waals surface area contributed by atoms with Crippen LogP contribution in [0.4, 0.5) is 5.69 Å². The van der Waals surface area contributed by atoms with E-state index in [9.17, 15) is 24.5 Å². The first-order valence-corrected chi connectivity index (χ1v) is 18.7. The predicted octanol–water partition coefficient (Wildman–Crippen LogP) is 6.47. The van der Waals surface area contributed by atoms with Crippen LogP contribution in [0.25, 0.3) is 0 Å². The molecule has 0 N–H and O–H groups in total. The minimum Gasteiger partial charge on any atom is -0.385 e. The lowest BCUT2D eigenvalue weighted by Gasteiger charge is -2.51. The van der Waals surface area contributed by atoms with Crippen LogP contribution in [0.15, 0.2) is 140 Å². The fourth-order valence-corrected chi connectivity index (χ4v) is 11.3. The lowest BCUT2D eigenvalue weighted by atomic mass is 9.76. The van der Waals surface area contributed by atoms with Crippen LogP contribution in [-0.2, 0) is 14.3 Å². The zero-order valence-electron chi connectivity index (χ0n) is 28.9. The van der Waals surface area contributed by atoms with E-state index in [0.29, 0.717) is 5.56 Å². The Labute approximate surface area is 302 Å². The second-order valence-corrected chi connectivity index (χ2v) is 16.3. The number of hydrogen-bond acceptors (Lipinski definition) is 7. The Morgan fingerprint density at radius 3 is 1.63 bits per heavy atom. The summed E-state index contributed by atoms with van der Waals surface area (Å²) in [4.78, 5) is 69.3. The maximum Gasteiger partial charge on any atom is 0.363 e. The van der Waals surface area contributed by atoms with Gasteiger partial charge in [-0.3, -0.25) is 19.7 Å². The van der Waals surface area contributed by atoms with Crippen molar-refractivity contribution in [1.82, 2.24) is 4.90 Å². The number of aryl methyl sites for hydroxylation is 1. The lowest BCUT2D eigenvalue weighted by molar-refractivity contribution is -0.384. The third kappa shape index (κ3) is 6.75. The number of rotatable bonds is 11. The highest BCUT2D eigenvalue weighted by atomic mass is 31.2. The predicted molar refractivity (Wildman–Crippen MR) is 203 cm³/mol. The largest absolute Gasteiger partial charge is 0.385 e. The van der Waals surface area contributed by atoms with Crippen molar-refractivity contribution in [2.24, 2.45) is 11.8 Å². The first kappa shape index (κ1) is 35.9. The lowest BCUT2D eigenvalue weighted by Crippen LogP contribution is -2.67. The summed E-state index contributed by atoms with van der Waals surface area (Å²) in [5.74, 6) is -3.38. The van der Waals surface area contributed by atoms with E-state index in [4.69, 9.17) is 4.74 Å². The molecule has 262 valence electrons. The van der Waals surface area contributed by atoms with E-state index >= 15 is 4.79 Å². The molecule has 0 spiro atoms. The Kier molecular flexibility index (Phi) is 10.4. The normalized spacial score (nSPS) is 15.5. The molecule has 1 amide bonds. The fourth-order valence-electron chi connectivity index (χ4n) is 6.90. The molecule has 1 fully saturated rings. The number of hydrogen-bond donors (Lipinski definition) is 0. The summed E-state index contributed by atoms with van der Waals surface area (Å²) in [5.41, 5.74) is 1.14. The molecule has 5 aromatic carbocycles. The number of nitro benzene ring substituents is 1. The zero-order chi connectivity index (χ0) is 37.0. The van der Waals surface area contributed by atoms with E-state index in [-0.39, 0.29) is 40.7 Å². The average Bonchev–Trinajstić information content (AvgIpc) is 3.15. The molecule has 0 saturated carbocycles. The van der Waals surface area contributed by atoms with Crippen molar-refractivity contribution in [1.29, 1.82) is 0 Å². The SMILES string of the molecule is Cc1ccc(C(=O)C[C@@H]2[C@@H](C(C)C)C(=O)N2C(C(=O)OC(=O)c2ccc([N+](=O)[O-])cc2)=P(c2ccccc2)(c2ccccc2)c2ccccc2)cc1. The van der Waals surface area contributed by atoms with Crippen LogP contribution in [0.3, 0.4) is 0 Å². The Morgan fingerprint density at radius 2 is 1.19 bits per heavy atom. The maximum atomic E-state index is 15.0. The third-order valence-electron chi connectivity index (χ3n) is 9.41. The standard InChI is InChI=1S/C42H37N2O7P/c1-28(2)38-36(27-37(45)30-21-19-29(3)20-22-30)43(39(38)46)40(42(48)51-41(47)31-23-25-32(26-24-31)44(49)50)52(33-13-7-4-8-14-33,34-15-9-5-10-16-34)35-17-11-6-12-18-35/h4-26,28,36,38H,27H2,1-3H3/t36-,38-/m1/s1. The molecule has 52 heavy (non-hydrogen) atoms. The number of β-lactam (4-membered cyclic amide) rings is 1. The van der Waals surface area contributed by atoms with Gasteiger partial charge in [-0.25, -0.2) is 9.59 Å². The molecular weight excluding hydrogens is 675 g/mol. The van der Waals surface area contributed by atoms with Gasteiger partial charge < -0.3 is 9.64 Å². The quantitative estimate of drug-likeness (QED) is 0.0293. The van der Waals surface area contributed by atoms with Gasteiger partial charge in [-0.1, -0.05) is 135 Å². The van der Waals surface area contributed by atoms with Crippen molar-refractivity contribution in [3.8, 4) is 0 Å². The molecule has 2 atom stereocenters. The van der Waals surface area contributed by atoms with Crippen molar-refractivity contribution < 1.29 is 28.8 Å². The molecule has 9 nitrogen and oxygen atoms in total. The molecule has 0 aromatic heterocycles. The number of amides is 1. The summed E-state index contributed by atoms with van der Waals surface area (Å²) in [5, 5.41) is 13.5. The van der Waals surface area contributed by atoms with Crippen molar-refractivity contribution in [2.45, 2.75) is 33.2 Å². The van der Waals surface area contributed by atoms with Gasteiger partial charge in [0.1, 0.15) is 5.42 Å². The topological polar surface area (TPSA) is 124 Å². The summed E-state index contributed by atoms with van der Waals surface area (Å²) >= 11 is 0. The number of benzene rings is 5. The molecule has 1 saturated heterocycles. The van der Waals surface area contributed by atoms with Crippen LogP contribution in [0, 0.1) is 28.9 Å². The van der Waals surface area contributed by atoms with Gasteiger partial charge >= 0.3 is 11.9 Å². The summed E-state index contributed by atoms with van der Waals surface area (Å²) in [6, 6.07) is 39.3. The van der Waals surface area contributed by atoms with Crippen molar-refractivity contribution >= 4 is 57.5 Å². The van der Waals surface area contributed by atoms with Gasteiger partial charge in [0, 0.05) is 31.0 Å². The molecule has 0 bridgehead atoms. The number of carbonyl (C=O) groups excluding carboxylic acids is 4. The first-order valence-electron chi connectivity index (χ1n) is 16.9. The number of ether oxygens (including phenoxy) is 1. The molecule has 6 rings (SSSR count). The number of likely N-dealkylation sites (tertiary alicyclic amines) is 1. The van der Waals surface area contributed by atoms with Crippen LogP contribution in [0.1, 0.15) is 46.5 Å². The van der Waals surface area contributed by atoms with E-state index in [2.05, 4.69) is 0 Å². The van der Waals surface area contributed by atoms with Crippen LogP contribution in [0.2, 0.25) is 0 Å². The molecule has 1 heterocycles. The molecule has 0 aliphatic carbocycles. The summed E-state index contributed by atoms with van der Waals surface area (Å²) < 4.78 is 5.69. The number of esters is 2. The van der Waals surface area contributed by atoms with Crippen molar-refractivity contribution in [2.75, 3.05) is 0 Å². The monoisotopic (exact) mass is 712 g/mol. The molecule has 1 aliphatic rings. The number of nitrogens with zero attached hydrogens (tertiary/aromatic N) is 2. The summed E-state index contributed by atoms with van der Waals surface area (Å²) in [6.07, 6.45) is -0.0664. The van der Waals surface area contributed by atoms with Gasteiger partial charge in [0.2, 0.25) is 5.91 Å². The van der Waals surface area contributed by atoms with E-state index in [0.717, 1.165) is 33.6 Å². The number of Topliss-reactive ketones (excluding diaryl/α,β-unsaturated/α-hetero) is 1. The summed E-state index contributed by atoms with van der Waals surface area (Å²) in [7, 11) is 0. The summed E-state index contributed by atoms with van der Waals surface area (Å²) in [6.45, 7) is 2.38. The fraction of sp³-hybridized carbons (Fsp3) is 0.167. The molecule has 1 aliphatic heterocycles. The smallest absolute Gasteiger partial charge is 0.363 e. The number of nitro groups is 1. The first-order chi connectivity index (χ1) is 25.0. The molecule has 0 radical (unpaired) electrons. The van der Waals surface area contributed by atoms with Gasteiger partial charge in [0.25, 0.3) is 5.69 Å². The van der Waals surface area contributed by atoms with E-state index in [1.54, 1.807) is 12.1 Å². The third-order valence-corrected chi connectivity index (χ3v) is 13.7. The molecule has 0 unspecified atom stereocenters. The van der Waals surface area contributed by atoms with Crippen molar-refractivity contribution in [3.05, 3.63) is 166 Å². The Morgan fingerprint density at radius 1 is 0.731 bits per heavy atom. The van der Waals surface area contributed by atoms with E-state index < -0.39 is 35.7 Å². The minimum atomic E-state index is -3.37. The Balaban J connectivity index is 1.63. The van der Waals surface area contributed by atoms with Gasteiger partial charge in [-0.05, 0) is 40.9 Å². The second-order valence-electron chi connectivity index (χ2n) is 13.0. The van der Waals surface area contributed by atoms with Crippen LogP contribution in [0.5, 0.6) is 0 Å². The number of ketones is 1. The highest BCUT2D eigenvalue weighted by molar-refractivity contribution is 7.96. The minimum absolute atomic E-state index is 0.0324. The molecule has 5 aromatic rings. The number of carbonyl (C=O) groups is 4. The second kappa shape index (κ2) is 15.1. The van der Waals surface area contributed by atoms with Gasteiger partial charge in [0.05, 0.1) is 22.4 Å². The van der Waals surface area contributed by atoms with Gasteiger partial charge in [0.15, 0.2) is 5.78 Å².